The third-order valence-corrected chi connectivity index (χ3v) is 4.61. The molecule has 6 heteroatoms. The first-order chi connectivity index (χ1) is 13.6. The van der Waals surface area contributed by atoms with Gasteiger partial charge in [-0.3, -0.25) is 4.79 Å². The van der Waals surface area contributed by atoms with Crippen molar-refractivity contribution in [1.82, 2.24) is 0 Å². The fourth-order valence-electron chi connectivity index (χ4n) is 3.26. The molecule has 0 N–H and O–H groups in total. The highest BCUT2D eigenvalue weighted by molar-refractivity contribution is 6.33. The maximum Gasteiger partial charge on any atom is 0.281 e. The van der Waals surface area contributed by atoms with E-state index in [4.69, 9.17) is 4.74 Å². The van der Waals surface area contributed by atoms with Crippen molar-refractivity contribution in [3.8, 4) is 0 Å². The van der Waals surface area contributed by atoms with Crippen LogP contribution in [0.3, 0.4) is 0 Å². The summed E-state index contributed by atoms with van der Waals surface area (Å²) in [4.78, 5) is 13.1. The third kappa shape index (κ3) is 2.99. The Morgan fingerprint density at radius 2 is 1.32 bits per heavy atom. The molecular formula is C22H20N4O2. The predicted octanol–water partition coefficient (Wildman–Crippen LogP) is 4.09. The van der Waals surface area contributed by atoms with E-state index in [9.17, 15) is 4.79 Å². The molecule has 2 aromatic carbocycles. The van der Waals surface area contributed by atoms with Crippen LogP contribution in [0.15, 0.2) is 94.0 Å². The lowest BCUT2D eigenvalue weighted by molar-refractivity contribution is -0.114. The monoisotopic (exact) mass is 372 g/mol. The Morgan fingerprint density at radius 3 is 1.89 bits per heavy atom. The predicted molar refractivity (Wildman–Crippen MR) is 111 cm³/mol. The van der Waals surface area contributed by atoms with Crippen molar-refractivity contribution in [1.29, 1.82) is 0 Å². The van der Waals surface area contributed by atoms with Gasteiger partial charge in [-0.15, -0.1) is 0 Å². The second-order valence-corrected chi connectivity index (χ2v) is 6.45. The van der Waals surface area contributed by atoms with Crippen molar-refractivity contribution in [2.24, 2.45) is 10.2 Å². The Kier molecular flexibility index (Phi) is 4.53. The SMILES string of the molecule is COC1=C/C(=C2/C(=O)N(c3ccccc3)N=C2C)C(C)=NN1c1ccccc1. The lowest BCUT2D eigenvalue weighted by atomic mass is 9.99. The Bertz CT molecular complexity index is 1040. The van der Waals surface area contributed by atoms with Crippen LogP contribution in [-0.2, 0) is 9.53 Å². The van der Waals surface area contributed by atoms with Crippen molar-refractivity contribution in [2.75, 3.05) is 17.1 Å². The van der Waals surface area contributed by atoms with Crippen LogP contribution < -0.4 is 10.0 Å². The summed E-state index contributed by atoms with van der Waals surface area (Å²) in [7, 11) is 1.59. The van der Waals surface area contributed by atoms with Crippen molar-refractivity contribution < 1.29 is 9.53 Å². The number of ether oxygens (including phenoxy) is 1. The van der Waals surface area contributed by atoms with Gasteiger partial charge >= 0.3 is 0 Å². The minimum atomic E-state index is -0.173. The van der Waals surface area contributed by atoms with Crippen LogP contribution in [0.1, 0.15) is 13.8 Å². The van der Waals surface area contributed by atoms with Crippen molar-refractivity contribution in [3.63, 3.8) is 0 Å². The van der Waals surface area contributed by atoms with Crippen molar-refractivity contribution in [3.05, 3.63) is 83.8 Å². The van der Waals surface area contributed by atoms with Gasteiger partial charge in [-0.2, -0.15) is 15.2 Å². The van der Waals surface area contributed by atoms with Gasteiger partial charge in [-0.25, -0.2) is 5.01 Å². The highest BCUT2D eigenvalue weighted by atomic mass is 16.5. The van der Waals surface area contributed by atoms with E-state index in [1.165, 1.54) is 5.01 Å². The number of para-hydroxylation sites is 2. The molecular weight excluding hydrogens is 352 g/mol. The summed E-state index contributed by atoms with van der Waals surface area (Å²) in [5.74, 6) is 0.367. The number of nitrogens with zero attached hydrogens (tertiary/aromatic N) is 4. The molecule has 140 valence electrons. The molecule has 2 aliphatic heterocycles. The first-order valence-electron chi connectivity index (χ1n) is 8.96. The summed E-state index contributed by atoms with van der Waals surface area (Å²) >= 11 is 0. The van der Waals surface area contributed by atoms with E-state index in [2.05, 4.69) is 10.2 Å². The average Bonchev–Trinajstić information content (AvgIpc) is 3.03. The minimum Gasteiger partial charge on any atom is -0.481 e. The van der Waals surface area contributed by atoms with Crippen LogP contribution in [0.4, 0.5) is 11.4 Å². The molecule has 0 atom stereocenters. The summed E-state index contributed by atoms with van der Waals surface area (Å²) in [6.45, 7) is 3.72. The quantitative estimate of drug-likeness (QED) is 0.763. The van der Waals surface area contributed by atoms with Crippen LogP contribution >= 0.6 is 0 Å². The molecule has 0 fully saturated rings. The molecule has 0 bridgehead atoms. The standard InChI is InChI=1S/C22H20N4O2/c1-15-19(14-20(28-3)25(23-15)17-10-6-4-7-11-17)21-16(2)24-26(22(21)27)18-12-8-5-9-13-18/h4-14H,1-3H3/b21-19-. The maximum atomic E-state index is 13.1. The van der Waals surface area contributed by atoms with Crippen LogP contribution in [-0.4, -0.2) is 24.4 Å². The highest BCUT2D eigenvalue weighted by Gasteiger charge is 2.33. The van der Waals surface area contributed by atoms with Gasteiger partial charge < -0.3 is 4.74 Å². The molecule has 1 amide bonds. The highest BCUT2D eigenvalue weighted by Crippen LogP contribution is 2.31. The number of hydrogen-bond donors (Lipinski definition) is 0. The number of anilines is 2. The molecule has 2 heterocycles. The van der Waals surface area contributed by atoms with Gasteiger partial charge in [0.05, 0.1) is 35.5 Å². The Morgan fingerprint density at radius 1 is 0.786 bits per heavy atom. The number of rotatable bonds is 3. The molecule has 0 aliphatic carbocycles. The van der Waals surface area contributed by atoms with Gasteiger partial charge in [0.25, 0.3) is 5.91 Å². The Balaban J connectivity index is 1.77. The second-order valence-electron chi connectivity index (χ2n) is 6.45. The number of benzene rings is 2. The fourth-order valence-corrected chi connectivity index (χ4v) is 3.26. The minimum absolute atomic E-state index is 0.173. The Labute approximate surface area is 163 Å². The van der Waals surface area contributed by atoms with E-state index >= 15 is 0 Å². The number of hydrogen-bond acceptors (Lipinski definition) is 5. The molecule has 0 saturated carbocycles. The first-order valence-corrected chi connectivity index (χ1v) is 8.96. The molecule has 0 aromatic heterocycles. The summed E-state index contributed by atoms with van der Waals surface area (Å²) in [6.07, 6.45) is 1.84. The van der Waals surface area contributed by atoms with Gasteiger partial charge in [-0.1, -0.05) is 36.4 Å². The van der Waals surface area contributed by atoms with Gasteiger partial charge in [-0.05, 0) is 38.1 Å². The second kappa shape index (κ2) is 7.15. The molecule has 4 rings (SSSR count). The zero-order valence-corrected chi connectivity index (χ0v) is 16.0. The lowest BCUT2D eigenvalue weighted by Gasteiger charge is -2.26. The largest absolute Gasteiger partial charge is 0.481 e. The number of hydrazone groups is 2. The van der Waals surface area contributed by atoms with Crippen molar-refractivity contribution in [2.45, 2.75) is 13.8 Å². The lowest BCUT2D eigenvalue weighted by Crippen LogP contribution is -2.27. The number of allylic oxidation sites excluding steroid dienone is 2. The number of amides is 1. The summed E-state index contributed by atoms with van der Waals surface area (Å²) < 4.78 is 5.56. The van der Waals surface area contributed by atoms with Crippen LogP contribution in [0.25, 0.3) is 0 Å². The fraction of sp³-hybridized carbons (Fsp3) is 0.136. The van der Waals surface area contributed by atoms with Gasteiger partial charge in [0.15, 0.2) is 0 Å². The number of carbonyl (C=O) groups excluding carboxylic acids is 1. The smallest absolute Gasteiger partial charge is 0.281 e. The zero-order valence-electron chi connectivity index (χ0n) is 16.0. The molecule has 0 spiro atoms. The van der Waals surface area contributed by atoms with Gasteiger partial charge in [0.2, 0.25) is 5.88 Å². The molecule has 0 radical (unpaired) electrons. The van der Waals surface area contributed by atoms with E-state index in [0.29, 0.717) is 22.7 Å². The van der Waals surface area contributed by atoms with E-state index in [0.717, 1.165) is 17.1 Å². The average molecular weight is 372 g/mol. The molecule has 2 aromatic rings. The van der Waals surface area contributed by atoms with E-state index < -0.39 is 0 Å². The molecule has 6 nitrogen and oxygen atoms in total. The summed E-state index contributed by atoms with van der Waals surface area (Å²) in [6, 6.07) is 19.1. The summed E-state index contributed by atoms with van der Waals surface area (Å²) in [5.41, 5.74) is 4.24. The molecule has 0 unspecified atom stereocenters. The van der Waals surface area contributed by atoms with E-state index in [1.54, 1.807) is 12.1 Å². The zero-order chi connectivity index (χ0) is 19.7. The first kappa shape index (κ1) is 17.7. The van der Waals surface area contributed by atoms with Gasteiger partial charge in [0.1, 0.15) is 0 Å². The van der Waals surface area contributed by atoms with Crippen LogP contribution in [0.2, 0.25) is 0 Å². The van der Waals surface area contributed by atoms with E-state index in [1.807, 2.05) is 80.6 Å². The van der Waals surface area contributed by atoms with Crippen LogP contribution in [0, 0.1) is 0 Å². The van der Waals surface area contributed by atoms with E-state index in [-0.39, 0.29) is 5.91 Å². The Hall–Kier alpha value is -3.67. The summed E-state index contributed by atoms with van der Waals surface area (Å²) in [5, 5.41) is 12.3. The third-order valence-electron chi connectivity index (χ3n) is 4.61. The molecule has 2 aliphatic rings. The normalized spacial score (nSPS) is 19.4. The van der Waals surface area contributed by atoms with Crippen LogP contribution in [0.5, 0.6) is 0 Å². The number of carbonyl (C=O) groups is 1. The maximum absolute atomic E-state index is 13.1. The van der Waals surface area contributed by atoms with Crippen molar-refractivity contribution >= 4 is 28.7 Å². The number of methoxy groups -OCH3 is 1. The molecule has 28 heavy (non-hydrogen) atoms. The topological polar surface area (TPSA) is 57.5 Å². The van der Waals surface area contributed by atoms with Gasteiger partial charge in [0, 0.05) is 11.6 Å². The molecule has 0 saturated heterocycles.